The standard InChI is InChI=1S/C6H12OS/c1-4-3-6(8)5(2)7-4/h4-6,8H,3H2,1-2H3/t4-,5+,6+/m1/s1. The second-order valence-electron chi connectivity index (χ2n) is 2.45. The third-order valence-electron chi connectivity index (χ3n) is 1.56. The van der Waals surface area contributed by atoms with Crippen molar-refractivity contribution in [3.05, 3.63) is 0 Å². The Morgan fingerprint density at radius 1 is 1.50 bits per heavy atom. The van der Waals surface area contributed by atoms with Crippen molar-refractivity contribution in [2.75, 3.05) is 0 Å². The van der Waals surface area contributed by atoms with Crippen molar-refractivity contribution in [1.82, 2.24) is 0 Å². The highest BCUT2D eigenvalue weighted by Gasteiger charge is 2.25. The van der Waals surface area contributed by atoms with Crippen molar-refractivity contribution in [2.45, 2.75) is 37.7 Å². The molecule has 0 unspecified atom stereocenters. The highest BCUT2D eigenvalue weighted by molar-refractivity contribution is 7.81. The minimum Gasteiger partial charge on any atom is -0.374 e. The number of ether oxygens (including phenoxy) is 1. The Morgan fingerprint density at radius 3 is 2.25 bits per heavy atom. The summed E-state index contributed by atoms with van der Waals surface area (Å²) in [6, 6.07) is 0. The zero-order chi connectivity index (χ0) is 6.15. The van der Waals surface area contributed by atoms with Crippen LogP contribution in [0.2, 0.25) is 0 Å². The molecule has 0 saturated carbocycles. The fraction of sp³-hybridized carbons (Fsp3) is 1.00. The lowest BCUT2D eigenvalue weighted by Crippen LogP contribution is -2.09. The van der Waals surface area contributed by atoms with Gasteiger partial charge in [0.2, 0.25) is 0 Å². The first-order chi connectivity index (χ1) is 3.70. The van der Waals surface area contributed by atoms with Crippen LogP contribution in [-0.2, 0) is 4.74 Å². The van der Waals surface area contributed by atoms with Gasteiger partial charge in [-0.3, -0.25) is 0 Å². The summed E-state index contributed by atoms with van der Waals surface area (Å²) in [6.07, 6.45) is 1.88. The second-order valence-corrected chi connectivity index (χ2v) is 3.12. The highest BCUT2D eigenvalue weighted by atomic mass is 32.1. The van der Waals surface area contributed by atoms with Crippen molar-refractivity contribution in [2.24, 2.45) is 0 Å². The van der Waals surface area contributed by atoms with Gasteiger partial charge in [0.15, 0.2) is 0 Å². The van der Waals surface area contributed by atoms with Crippen molar-refractivity contribution in [1.29, 1.82) is 0 Å². The molecule has 48 valence electrons. The number of hydrogen-bond donors (Lipinski definition) is 1. The van der Waals surface area contributed by atoms with E-state index in [9.17, 15) is 0 Å². The molecular formula is C6H12OS. The summed E-state index contributed by atoms with van der Waals surface area (Å²) in [5.74, 6) is 0. The first-order valence-electron chi connectivity index (χ1n) is 3.03. The summed E-state index contributed by atoms with van der Waals surface area (Å²) in [7, 11) is 0. The Bertz CT molecular complexity index is 74.6. The summed E-state index contributed by atoms with van der Waals surface area (Å²) >= 11 is 4.32. The van der Waals surface area contributed by atoms with E-state index in [1.165, 1.54) is 0 Å². The molecule has 0 aromatic heterocycles. The first kappa shape index (κ1) is 6.43. The van der Waals surface area contributed by atoms with Crippen LogP contribution in [0.4, 0.5) is 0 Å². The minimum absolute atomic E-state index is 0.355. The van der Waals surface area contributed by atoms with Crippen molar-refractivity contribution in [3.8, 4) is 0 Å². The van der Waals surface area contributed by atoms with Crippen LogP contribution in [0.15, 0.2) is 0 Å². The van der Waals surface area contributed by atoms with E-state index >= 15 is 0 Å². The van der Waals surface area contributed by atoms with E-state index < -0.39 is 0 Å². The molecule has 1 nitrogen and oxygen atoms in total. The van der Waals surface area contributed by atoms with Gasteiger partial charge in [-0.2, -0.15) is 12.6 Å². The van der Waals surface area contributed by atoms with E-state index in [4.69, 9.17) is 4.74 Å². The maximum atomic E-state index is 5.40. The normalized spacial score (nSPS) is 47.6. The van der Waals surface area contributed by atoms with Gasteiger partial charge < -0.3 is 4.74 Å². The molecule has 1 aliphatic heterocycles. The van der Waals surface area contributed by atoms with Gasteiger partial charge in [0.1, 0.15) is 0 Å². The van der Waals surface area contributed by atoms with Crippen molar-refractivity contribution >= 4 is 12.6 Å². The maximum absolute atomic E-state index is 5.40. The smallest absolute Gasteiger partial charge is 0.0667 e. The SMILES string of the molecule is C[C@@H]1C[C@H](S)[C@H](C)O1. The molecule has 8 heavy (non-hydrogen) atoms. The summed E-state index contributed by atoms with van der Waals surface area (Å²) in [4.78, 5) is 0. The lowest BCUT2D eigenvalue weighted by molar-refractivity contribution is 0.0684. The number of rotatable bonds is 0. The van der Waals surface area contributed by atoms with Crippen LogP contribution in [0.3, 0.4) is 0 Å². The van der Waals surface area contributed by atoms with E-state index in [1.807, 2.05) is 0 Å². The van der Waals surface area contributed by atoms with Crippen LogP contribution >= 0.6 is 12.6 Å². The fourth-order valence-corrected chi connectivity index (χ4v) is 1.41. The van der Waals surface area contributed by atoms with Crippen LogP contribution < -0.4 is 0 Å². The van der Waals surface area contributed by atoms with Crippen molar-refractivity contribution < 1.29 is 4.74 Å². The molecule has 1 saturated heterocycles. The number of thiol groups is 1. The van der Waals surface area contributed by atoms with Crippen LogP contribution in [0.25, 0.3) is 0 Å². The average Bonchev–Trinajstić information content (AvgIpc) is 1.85. The van der Waals surface area contributed by atoms with Crippen LogP contribution in [0.1, 0.15) is 20.3 Å². The summed E-state index contributed by atoms with van der Waals surface area (Å²) in [5.41, 5.74) is 0. The van der Waals surface area contributed by atoms with E-state index in [0.29, 0.717) is 17.5 Å². The largest absolute Gasteiger partial charge is 0.374 e. The molecule has 0 spiro atoms. The molecule has 0 amide bonds. The van der Waals surface area contributed by atoms with Gasteiger partial charge in [0.25, 0.3) is 0 Å². The zero-order valence-corrected chi connectivity index (χ0v) is 6.19. The molecule has 1 fully saturated rings. The van der Waals surface area contributed by atoms with Gasteiger partial charge in [-0.05, 0) is 20.3 Å². The van der Waals surface area contributed by atoms with Crippen molar-refractivity contribution in [3.63, 3.8) is 0 Å². The molecule has 0 aliphatic carbocycles. The Hall–Kier alpha value is 0.310. The Morgan fingerprint density at radius 2 is 2.12 bits per heavy atom. The Balaban J connectivity index is 2.39. The maximum Gasteiger partial charge on any atom is 0.0667 e. The molecule has 0 N–H and O–H groups in total. The predicted molar refractivity (Wildman–Crippen MR) is 37.4 cm³/mol. The van der Waals surface area contributed by atoms with Crippen LogP contribution in [0.5, 0.6) is 0 Å². The molecular weight excluding hydrogens is 120 g/mol. The fourth-order valence-electron chi connectivity index (χ4n) is 1.04. The van der Waals surface area contributed by atoms with Gasteiger partial charge in [0, 0.05) is 5.25 Å². The third-order valence-corrected chi connectivity index (χ3v) is 2.19. The van der Waals surface area contributed by atoms with E-state index in [2.05, 4.69) is 26.5 Å². The van der Waals surface area contributed by atoms with E-state index in [0.717, 1.165) is 6.42 Å². The van der Waals surface area contributed by atoms with Gasteiger partial charge in [0.05, 0.1) is 12.2 Å². The van der Waals surface area contributed by atoms with E-state index in [1.54, 1.807) is 0 Å². The molecule has 0 aromatic rings. The first-order valence-corrected chi connectivity index (χ1v) is 3.55. The number of hydrogen-bond acceptors (Lipinski definition) is 2. The lowest BCUT2D eigenvalue weighted by atomic mass is 10.2. The van der Waals surface area contributed by atoms with Crippen LogP contribution in [-0.4, -0.2) is 17.5 Å². The predicted octanol–water partition coefficient (Wildman–Crippen LogP) is 1.48. The third kappa shape index (κ3) is 1.17. The average molecular weight is 132 g/mol. The van der Waals surface area contributed by atoms with Gasteiger partial charge in [-0.1, -0.05) is 0 Å². The molecule has 0 bridgehead atoms. The van der Waals surface area contributed by atoms with Gasteiger partial charge in [-0.25, -0.2) is 0 Å². The topological polar surface area (TPSA) is 9.23 Å². The molecule has 1 rings (SSSR count). The van der Waals surface area contributed by atoms with Gasteiger partial charge in [-0.15, -0.1) is 0 Å². The monoisotopic (exact) mass is 132 g/mol. The molecule has 0 aromatic carbocycles. The quantitative estimate of drug-likeness (QED) is 0.491. The van der Waals surface area contributed by atoms with E-state index in [-0.39, 0.29) is 0 Å². The molecule has 1 heterocycles. The van der Waals surface area contributed by atoms with Crippen LogP contribution in [0, 0.1) is 0 Å². The molecule has 1 aliphatic rings. The Kier molecular flexibility index (Phi) is 1.83. The zero-order valence-electron chi connectivity index (χ0n) is 5.29. The molecule has 0 radical (unpaired) electrons. The lowest BCUT2D eigenvalue weighted by Gasteiger charge is -2.04. The highest BCUT2D eigenvalue weighted by Crippen LogP contribution is 2.23. The summed E-state index contributed by atoms with van der Waals surface area (Å²) in [5, 5.41) is 0.463. The molecule has 3 atom stereocenters. The van der Waals surface area contributed by atoms with Gasteiger partial charge >= 0.3 is 0 Å². The summed E-state index contributed by atoms with van der Waals surface area (Å²) in [6.45, 7) is 4.16. The second kappa shape index (κ2) is 2.28. The molecule has 2 heteroatoms. The summed E-state index contributed by atoms with van der Waals surface area (Å²) < 4.78 is 5.40. The minimum atomic E-state index is 0.355. The Labute approximate surface area is 55.8 Å².